The lowest BCUT2D eigenvalue weighted by Crippen LogP contribution is -2.29. The normalized spacial score (nSPS) is 14.3. The molecule has 0 unspecified atom stereocenters. The van der Waals surface area contributed by atoms with Gasteiger partial charge in [-0.1, -0.05) is 0 Å². The molecule has 0 bridgehead atoms. The number of nitrogens with zero attached hydrogens (tertiary/aromatic N) is 3. The summed E-state index contributed by atoms with van der Waals surface area (Å²) >= 11 is 0. The Hall–Kier alpha value is -2.44. The topological polar surface area (TPSA) is 69.0 Å². The number of hydrogen-bond acceptors (Lipinski definition) is 4. The van der Waals surface area contributed by atoms with E-state index in [9.17, 15) is 9.18 Å². The van der Waals surface area contributed by atoms with Gasteiger partial charge in [-0.3, -0.25) is 4.79 Å². The number of nitrogens with one attached hydrogen (secondary N) is 1. The lowest BCUT2D eigenvalue weighted by molar-refractivity contribution is -0.122. The standard InChI is InChI=1S/C16H19FN4O2/c1-11(16-20-19-14-3-2-9-21(14)16)18-15(22)8-10-23-13-6-4-12(17)5-7-13/h4-7,11H,2-3,8-10H2,1H3,(H,18,22)/t11-/m0/s1. The van der Waals surface area contributed by atoms with Gasteiger partial charge in [0.2, 0.25) is 5.91 Å². The minimum Gasteiger partial charge on any atom is -0.493 e. The van der Waals surface area contributed by atoms with Gasteiger partial charge in [0.05, 0.1) is 19.1 Å². The molecule has 0 saturated heterocycles. The van der Waals surface area contributed by atoms with E-state index in [1.165, 1.54) is 24.3 Å². The first-order chi connectivity index (χ1) is 11.1. The zero-order valence-electron chi connectivity index (χ0n) is 13.0. The number of rotatable bonds is 6. The molecule has 3 rings (SSSR count). The van der Waals surface area contributed by atoms with Gasteiger partial charge in [-0.05, 0) is 37.6 Å². The molecule has 1 aromatic heterocycles. The number of aryl methyl sites for hydroxylation is 1. The van der Waals surface area contributed by atoms with Gasteiger partial charge in [0, 0.05) is 13.0 Å². The Morgan fingerprint density at radius 3 is 2.96 bits per heavy atom. The van der Waals surface area contributed by atoms with Crippen molar-refractivity contribution in [1.29, 1.82) is 0 Å². The molecule has 1 amide bonds. The van der Waals surface area contributed by atoms with Crippen molar-refractivity contribution in [2.24, 2.45) is 0 Å². The average Bonchev–Trinajstić information content (AvgIpc) is 3.12. The monoisotopic (exact) mass is 318 g/mol. The summed E-state index contributed by atoms with van der Waals surface area (Å²) in [4.78, 5) is 12.0. The molecule has 1 aliphatic rings. The van der Waals surface area contributed by atoms with Crippen molar-refractivity contribution >= 4 is 5.91 Å². The van der Waals surface area contributed by atoms with Crippen LogP contribution in [-0.4, -0.2) is 27.3 Å². The highest BCUT2D eigenvalue weighted by Crippen LogP contribution is 2.19. The second-order valence-corrected chi connectivity index (χ2v) is 5.57. The fourth-order valence-electron chi connectivity index (χ4n) is 2.66. The predicted molar refractivity (Wildman–Crippen MR) is 81.4 cm³/mol. The van der Waals surface area contributed by atoms with Crippen molar-refractivity contribution in [3.05, 3.63) is 41.7 Å². The van der Waals surface area contributed by atoms with Gasteiger partial charge in [0.1, 0.15) is 17.4 Å². The molecule has 0 spiro atoms. The Morgan fingerprint density at radius 1 is 1.39 bits per heavy atom. The molecule has 122 valence electrons. The lowest BCUT2D eigenvalue weighted by Gasteiger charge is -2.14. The summed E-state index contributed by atoms with van der Waals surface area (Å²) in [5.74, 6) is 1.90. The largest absolute Gasteiger partial charge is 0.493 e. The summed E-state index contributed by atoms with van der Waals surface area (Å²) in [5.41, 5.74) is 0. The summed E-state index contributed by atoms with van der Waals surface area (Å²) in [6, 6.07) is 5.53. The van der Waals surface area contributed by atoms with Crippen LogP contribution in [0.4, 0.5) is 4.39 Å². The molecule has 0 radical (unpaired) electrons. The van der Waals surface area contributed by atoms with Crippen LogP contribution in [0.5, 0.6) is 5.75 Å². The Kier molecular flexibility index (Phi) is 4.55. The number of fused-ring (bicyclic) bond motifs is 1. The molecule has 6 nitrogen and oxygen atoms in total. The first-order valence-corrected chi connectivity index (χ1v) is 7.73. The zero-order chi connectivity index (χ0) is 16.2. The molecule has 1 N–H and O–H groups in total. The summed E-state index contributed by atoms with van der Waals surface area (Å²) in [7, 11) is 0. The highest BCUT2D eigenvalue weighted by molar-refractivity contribution is 5.76. The summed E-state index contributed by atoms with van der Waals surface area (Å²) in [5, 5.41) is 11.2. The van der Waals surface area contributed by atoms with E-state index in [-0.39, 0.29) is 30.8 Å². The van der Waals surface area contributed by atoms with Crippen molar-refractivity contribution in [2.75, 3.05) is 6.61 Å². The molecule has 1 aliphatic heterocycles. The van der Waals surface area contributed by atoms with Crippen molar-refractivity contribution in [2.45, 2.75) is 38.8 Å². The van der Waals surface area contributed by atoms with E-state index in [0.29, 0.717) is 5.75 Å². The molecule has 0 saturated carbocycles. The minimum absolute atomic E-state index is 0.116. The van der Waals surface area contributed by atoms with Crippen LogP contribution in [0.3, 0.4) is 0 Å². The maximum atomic E-state index is 12.8. The number of hydrogen-bond donors (Lipinski definition) is 1. The van der Waals surface area contributed by atoms with E-state index < -0.39 is 0 Å². The summed E-state index contributed by atoms with van der Waals surface area (Å²) < 4.78 is 20.3. The van der Waals surface area contributed by atoms with E-state index in [1.807, 2.05) is 6.92 Å². The van der Waals surface area contributed by atoms with E-state index >= 15 is 0 Å². The number of halogens is 1. The van der Waals surface area contributed by atoms with Gasteiger partial charge in [-0.15, -0.1) is 10.2 Å². The van der Waals surface area contributed by atoms with Gasteiger partial charge in [-0.25, -0.2) is 4.39 Å². The maximum Gasteiger partial charge on any atom is 0.224 e. The van der Waals surface area contributed by atoms with Gasteiger partial charge < -0.3 is 14.6 Å². The molecule has 2 heterocycles. The molecular weight excluding hydrogens is 299 g/mol. The SMILES string of the molecule is C[C@H](NC(=O)CCOc1ccc(F)cc1)c1nnc2n1CCC2. The van der Waals surface area contributed by atoms with E-state index in [2.05, 4.69) is 20.1 Å². The average molecular weight is 318 g/mol. The van der Waals surface area contributed by atoms with Crippen LogP contribution in [0.15, 0.2) is 24.3 Å². The van der Waals surface area contributed by atoms with Crippen LogP contribution < -0.4 is 10.1 Å². The molecule has 1 atom stereocenters. The number of carbonyl (C=O) groups is 1. The van der Waals surface area contributed by atoms with Crippen molar-refractivity contribution in [3.63, 3.8) is 0 Å². The maximum absolute atomic E-state index is 12.8. The fraction of sp³-hybridized carbons (Fsp3) is 0.438. The quantitative estimate of drug-likeness (QED) is 0.884. The Balaban J connectivity index is 1.46. The van der Waals surface area contributed by atoms with E-state index in [4.69, 9.17) is 4.74 Å². The van der Waals surface area contributed by atoms with E-state index in [1.54, 1.807) is 0 Å². The predicted octanol–water partition coefficient (Wildman–Crippen LogP) is 2.01. The third-order valence-electron chi connectivity index (χ3n) is 3.81. The van der Waals surface area contributed by atoms with E-state index in [0.717, 1.165) is 31.0 Å². The Morgan fingerprint density at radius 2 is 2.17 bits per heavy atom. The summed E-state index contributed by atoms with van der Waals surface area (Å²) in [6.45, 7) is 3.04. The third kappa shape index (κ3) is 3.67. The van der Waals surface area contributed by atoms with Gasteiger partial charge in [-0.2, -0.15) is 0 Å². The van der Waals surface area contributed by atoms with Crippen molar-refractivity contribution < 1.29 is 13.9 Å². The molecule has 2 aromatic rings. The Bertz CT molecular complexity index is 684. The second-order valence-electron chi connectivity index (χ2n) is 5.57. The number of ether oxygens (including phenoxy) is 1. The van der Waals surface area contributed by atoms with Crippen LogP contribution in [-0.2, 0) is 17.8 Å². The van der Waals surface area contributed by atoms with Crippen LogP contribution in [0.25, 0.3) is 0 Å². The fourth-order valence-corrected chi connectivity index (χ4v) is 2.66. The molecule has 1 aromatic carbocycles. The van der Waals surface area contributed by atoms with Crippen molar-refractivity contribution in [3.8, 4) is 5.75 Å². The number of carbonyl (C=O) groups excluding carboxylic acids is 1. The number of benzene rings is 1. The van der Waals surface area contributed by atoms with Gasteiger partial charge in [0.25, 0.3) is 0 Å². The molecule has 7 heteroatoms. The van der Waals surface area contributed by atoms with Crippen LogP contribution in [0.2, 0.25) is 0 Å². The van der Waals surface area contributed by atoms with Crippen LogP contribution >= 0.6 is 0 Å². The number of aromatic nitrogens is 3. The second kappa shape index (κ2) is 6.76. The number of amides is 1. The molecule has 0 aliphatic carbocycles. The smallest absolute Gasteiger partial charge is 0.224 e. The van der Waals surface area contributed by atoms with Crippen LogP contribution in [0, 0.1) is 5.82 Å². The first-order valence-electron chi connectivity index (χ1n) is 7.73. The van der Waals surface area contributed by atoms with Crippen molar-refractivity contribution in [1.82, 2.24) is 20.1 Å². The summed E-state index contributed by atoms with van der Waals surface area (Å²) in [6.07, 6.45) is 2.24. The first kappa shape index (κ1) is 15.5. The molecular formula is C16H19FN4O2. The highest BCUT2D eigenvalue weighted by atomic mass is 19.1. The van der Waals surface area contributed by atoms with Gasteiger partial charge in [0.15, 0.2) is 5.82 Å². The third-order valence-corrected chi connectivity index (χ3v) is 3.81. The zero-order valence-corrected chi connectivity index (χ0v) is 13.0. The molecule has 0 fully saturated rings. The lowest BCUT2D eigenvalue weighted by atomic mass is 10.3. The van der Waals surface area contributed by atoms with Gasteiger partial charge >= 0.3 is 0 Å². The minimum atomic E-state index is -0.315. The Labute approximate surface area is 133 Å². The molecule has 23 heavy (non-hydrogen) atoms. The highest BCUT2D eigenvalue weighted by Gasteiger charge is 2.22. The van der Waals surface area contributed by atoms with Crippen LogP contribution in [0.1, 0.15) is 37.5 Å².